The van der Waals surface area contributed by atoms with Crippen LogP contribution in [-0.2, 0) is 16.1 Å². The Morgan fingerprint density at radius 3 is 2.38 bits per heavy atom. The van der Waals surface area contributed by atoms with Crippen LogP contribution in [0.1, 0.15) is 38.3 Å². The topological polar surface area (TPSA) is 49.4 Å². The summed E-state index contributed by atoms with van der Waals surface area (Å²) in [5.74, 6) is -0.639. The van der Waals surface area contributed by atoms with Gasteiger partial charge in [0, 0.05) is 23.0 Å². The van der Waals surface area contributed by atoms with Crippen LogP contribution in [0.5, 0.6) is 0 Å². The lowest BCUT2D eigenvalue weighted by Crippen LogP contribution is -2.50. The number of halogens is 1. The van der Waals surface area contributed by atoms with Crippen LogP contribution >= 0.6 is 11.8 Å². The summed E-state index contributed by atoms with van der Waals surface area (Å²) < 4.78 is 14.2. The molecule has 0 saturated heterocycles. The molecule has 0 aliphatic carbocycles. The van der Waals surface area contributed by atoms with Gasteiger partial charge in [0.2, 0.25) is 11.8 Å². The largest absolute Gasteiger partial charge is 0.352 e. The van der Waals surface area contributed by atoms with Gasteiger partial charge in [-0.3, -0.25) is 9.59 Å². The molecule has 0 radical (unpaired) electrons. The van der Waals surface area contributed by atoms with E-state index < -0.39 is 6.04 Å². The number of rotatable bonds is 9. The number of carbonyl (C=O) groups is 2. The molecule has 0 unspecified atom stereocenters. The number of carbonyl (C=O) groups excluding carboxylic acids is 2. The zero-order valence-corrected chi connectivity index (χ0v) is 18.3. The van der Waals surface area contributed by atoms with Gasteiger partial charge in [0.05, 0.1) is 5.75 Å². The Morgan fingerprint density at radius 1 is 1.10 bits per heavy atom. The van der Waals surface area contributed by atoms with Gasteiger partial charge in [-0.2, -0.15) is 0 Å². The van der Waals surface area contributed by atoms with Gasteiger partial charge in [-0.05, 0) is 45.4 Å². The number of nitrogens with one attached hydrogen (secondary N) is 1. The molecule has 2 aromatic carbocycles. The van der Waals surface area contributed by atoms with E-state index in [-0.39, 0.29) is 36.0 Å². The van der Waals surface area contributed by atoms with Crippen LogP contribution in [0.15, 0.2) is 53.4 Å². The fourth-order valence-corrected chi connectivity index (χ4v) is 3.51. The van der Waals surface area contributed by atoms with E-state index in [4.69, 9.17) is 0 Å². The Hall–Kier alpha value is -2.34. The van der Waals surface area contributed by atoms with Crippen LogP contribution in [-0.4, -0.2) is 34.6 Å². The molecule has 1 N–H and O–H groups in total. The third-order valence-corrected chi connectivity index (χ3v) is 5.85. The minimum atomic E-state index is -0.699. The molecule has 2 amide bonds. The maximum atomic E-state index is 14.2. The number of amides is 2. The van der Waals surface area contributed by atoms with E-state index in [1.807, 2.05) is 45.0 Å². The minimum absolute atomic E-state index is 0.0114. The molecule has 0 spiro atoms. The van der Waals surface area contributed by atoms with Crippen molar-refractivity contribution in [2.24, 2.45) is 0 Å². The van der Waals surface area contributed by atoms with Gasteiger partial charge < -0.3 is 10.2 Å². The molecule has 156 valence electrons. The third kappa shape index (κ3) is 6.89. The first-order chi connectivity index (χ1) is 13.8. The molecule has 2 aromatic rings. The summed E-state index contributed by atoms with van der Waals surface area (Å²) in [6, 6.07) is 13.6. The van der Waals surface area contributed by atoms with E-state index in [1.54, 1.807) is 25.1 Å². The highest BCUT2D eigenvalue weighted by Gasteiger charge is 2.27. The Morgan fingerprint density at radius 2 is 1.76 bits per heavy atom. The molecule has 0 aliphatic rings. The van der Waals surface area contributed by atoms with Crippen molar-refractivity contribution in [3.8, 4) is 0 Å². The number of aryl methyl sites for hydroxylation is 1. The smallest absolute Gasteiger partial charge is 0.242 e. The first-order valence-electron chi connectivity index (χ1n) is 9.84. The molecule has 6 heteroatoms. The SMILES string of the molecule is CC[C@H](C)NC(=O)[C@H](C)N(Cc1ccccc1F)C(=O)CSc1ccc(C)cc1. The Labute approximate surface area is 176 Å². The summed E-state index contributed by atoms with van der Waals surface area (Å²) in [6.07, 6.45) is 0.795. The second kappa shape index (κ2) is 11.0. The number of thioether (sulfide) groups is 1. The number of benzene rings is 2. The molecular weight excluding hydrogens is 387 g/mol. The van der Waals surface area contributed by atoms with Crippen molar-refractivity contribution in [3.63, 3.8) is 0 Å². The standard InChI is InChI=1S/C23H29FN2O2S/c1-5-17(3)25-23(28)18(4)26(14-19-8-6-7-9-21(19)24)22(27)15-29-20-12-10-16(2)11-13-20/h6-13,17-18H,5,14-15H2,1-4H3,(H,25,28)/t17-,18-/m0/s1. The van der Waals surface area contributed by atoms with Crippen LogP contribution in [0.3, 0.4) is 0 Å². The quantitative estimate of drug-likeness (QED) is 0.610. The molecule has 0 saturated carbocycles. The van der Waals surface area contributed by atoms with E-state index >= 15 is 0 Å². The highest BCUT2D eigenvalue weighted by Crippen LogP contribution is 2.21. The van der Waals surface area contributed by atoms with E-state index in [9.17, 15) is 14.0 Å². The first-order valence-corrected chi connectivity index (χ1v) is 10.8. The molecule has 0 fully saturated rings. The fourth-order valence-electron chi connectivity index (χ4n) is 2.72. The number of nitrogens with zero attached hydrogens (tertiary/aromatic N) is 1. The van der Waals surface area contributed by atoms with Crippen LogP contribution in [0.4, 0.5) is 4.39 Å². The summed E-state index contributed by atoms with van der Waals surface area (Å²) in [7, 11) is 0. The van der Waals surface area contributed by atoms with E-state index in [1.165, 1.54) is 22.7 Å². The zero-order valence-electron chi connectivity index (χ0n) is 17.4. The summed E-state index contributed by atoms with van der Waals surface area (Å²) in [6.45, 7) is 7.65. The lowest BCUT2D eigenvalue weighted by atomic mass is 10.1. The highest BCUT2D eigenvalue weighted by molar-refractivity contribution is 8.00. The Kier molecular flexibility index (Phi) is 8.70. The molecule has 2 rings (SSSR count). The molecule has 0 aromatic heterocycles. The maximum absolute atomic E-state index is 14.2. The van der Waals surface area contributed by atoms with Gasteiger partial charge in [-0.1, -0.05) is 42.8 Å². The number of hydrogen-bond acceptors (Lipinski definition) is 3. The summed E-state index contributed by atoms with van der Waals surface area (Å²) in [4.78, 5) is 28.1. The fraction of sp³-hybridized carbons (Fsp3) is 0.391. The monoisotopic (exact) mass is 416 g/mol. The van der Waals surface area contributed by atoms with Crippen molar-refractivity contribution in [1.29, 1.82) is 0 Å². The predicted octanol–water partition coefficient (Wildman–Crippen LogP) is 4.56. The van der Waals surface area contributed by atoms with Crippen LogP contribution in [0.2, 0.25) is 0 Å². The van der Waals surface area contributed by atoms with Crippen LogP contribution in [0, 0.1) is 12.7 Å². The molecule has 0 bridgehead atoms. The van der Waals surface area contributed by atoms with Gasteiger partial charge in [0.15, 0.2) is 0 Å². The lowest BCUT2D eigenvalue weighted by molar-refractivity contribution is -0.139. The van der Waals surface area contributed by atoms with E-state index in [2.05, 4.69) is 5.32 Å². The van der Waals surface area contributed by atoms with Crippen molar-refractivity contribution in [1.82, 2.24) is 10.2 Å². The summed E-state index contributed by atoms with van der Waals surface area (Å²) >= 11 is 1.41. The summed E-state index contributed by atoms with van der Waals surface area (Å²) in [5.41, 5.74) is 1.54. The predicted molar refractivity (Wildman–Crippen MR) is 116 cm³/mol. The average Bonchev–Trinajstić information content (AvgIpc) is 2.71. The second-order valence-electron chi connectivity index (χ2n) is 7.21. The van der Waals surface area contributed by atoms with Crippen LogP contribution in [0.25, 0.3) is 0 Å². The first kappa shape index (κ1) is 22.9. The van der Waals surface area contributed by atoms with Crippen molar-refractivity contribution < 1.29 is 14.0 Å². The number of hydrogen-bond donors (Lipinski definition) is 1. The van der Waals surface area contributed by atoms with Crippen molar-refractivity contribution >= 4 is 23.6 Å². The van der Waals surface area contributed by atoms with Gasteiger partial charge >= 0.3 is 0 Å². The van der Waals surface area contributed by atoms with Crippen molar-refractivity contribution in [3.05, 3.63) is 65.5 Å². The molecule has 29 heavy (non-hydrogen) atoms. The molecule has 0 aliphatic heterocycles. The second-order valence-corrected chi connectivity index (χ2v) is 8.26. The van der Waals surface area contributed by atoms with Crippen molar-refractivity contribution in [2.45, 2.75) is 57.6 Å². The maximum Gasteiger partial charge on any atom is 0.242 e. The zero-order chi connectivity index (χ0) is 21.4. The Bertz CT molecular complexity index is 826. The summed E-state index contributed by atoms with van der Waals surface area (Å²) in [5, 5.41) is 2.91. The molecule has 4 nitrogen and oxygen atoms in total. The van der Waals surface area contributed by atoms with Gasteiger partial charge in [-0.25, -0.2) is 4.39 Å². The minimum Gasteiger partial charge on any atom is -0.352 e. The molecule has 0 heterocycles. The van der Waals surface area contributed by atoms with Gasteiger partial charge in [0.25, 0.3) is 0 Å². The van der Waals surface area contributed by atoms with Gasteiger partial charge in [-0.15, -0.1) is 11.8 Å². The van der Waals surface area contributed by atoms with Crippen LogP contribution < -0.4 is 5.32 Å². The normalized spacial score (nSPS) is 12.9. The Balaban J connectivity index is 2.15. The van der Waals surface area contributed by atoms with E-state index in [0.717, 1.165) is 16.9 Å². The van der Waals surface area contributed by atoms with E-state index in [0.29, 0.717) is 5.56 Å². The third-order valence-electron chi connectivity index (χ3n) is 4.85. The lowest BCUT2D eigenvalue weighted by Gasteiger charge is -2.29. The molecule has 2 atom stereocenters. The van der Waals surface area contributed by atoms with Gasteiger partial charge in [0.1, 0.15) is 11.9 Å². The highest BCUT2D eigenvalue weighted by atomic mass is 32.2. The van der Waals surface area contributed by atoms with Crippen molar-refractivity contribution in [2.75, 3.05) is 5.75 Å². The average molecular weight is 417 g/mol. The molecular formula is C23H29FN2O2S.